The SMILES string of the molecule is CNc1ccc(S(=O)(=O)Nc2ncc(Br)cc2C)cn1. The highest BCUT2D eigenvalue weighted by molar-refractivity contribution is 9.10. The fraction of sp³-hybridized carbons (Fsp3) is 0.167. The quantitative estimate of drug-likeness (QED) is 0.878. The van der Waals surface area contributed by atoms with Gasteiger partial charge in [-0.25, -0.2) is 18.4 Å². The Hall–Kier alpha value is -1.67. The van der Waals surface area contributed by atoms with Crippen molar-refractivity contribution < 1.29 is 8.42 Å². The van der Waals surface area contributed by atoms with E-state index in [2.05, 4.69) is 35.9 Å². The van der Waals surface area contributed by atoms with E-state index < -0.39 is 10.0 Å². The zero-order valence-corrected chi connectivity index (χ0v) is 13.3. The summed E-state index contributed by atoms with van der Waals surface area (Å²) in [5, 5.41) is 2.83. The van der Waals surface area contributed by atoms with E-state index in [0.29, 0.717) is 11.6 Å². The molecule has 0 aliphatic carbocycles. The van der Waals surface area contributed by atoms with Gasteiger partial charge >= 0.3 is 0 Å². The molecule has 0 atom stereocenters. The van der Waals surface area contributed by atoms with Crippen LogP contribution in [0, 0.1) is 6.92 Å². The minimum absolute atomic E-state index is 0.0839. The average Bonchev–Trinajstić information content (AvgIpc) is 2.42. The van der Waals surface area contributed by atoms with Crippen LogP contribution in [0.15, 0.2) is 40.0 Å². The van der Waals surface area contributed by atoms with Gasteiger partial charge in [0.05, 0.1) is 0 Å². The number of nitrogens with one attached hydrogen (secondary N) is 2. The van der Waals surface area contributed by atoms with Gasteiger partial charge in [0.25, 0.3) is 10.0 Å². The summed E-state index contributed by atoms with van der Waals surface area (Å²) in [6.07, 6.45) is 2.83. The lowest BCUT2D eigenvalue weighted by Gasteiger charge is -2.10. The minimum atomic E-state index is -3.69. The van der Waals surface area contributed by atoms with E-state index in [-0.39, 0.29) is 4.90 Å². The number of anilines is 2. The first-order valence-electron chi connectivity index (χ1n) is 5.71. The Kier molecular flexibility index (Phi) is 4.24. The van der Waals surface area contributed by atoms with E-state index in [0.717, 1.165) is 10.0 Å². The van der Waals surface area contributed by atoms with E-state index in [1.807, 2.05) is 0 Å². The van der Waals surface area contributed by atoms with Crippen LogP contribution in [0.1, 0.15) is 5.56 Å². The van der Waals surface area contributed by atoms with Gasteiger partial charge < -0.3 is 5.32 Å². The summed E-state index contributed by atoms with van der Waals surface area (Å²) in [5.41, 5.74) is 0.725. The molecule has 2 heterocycles. The maximum absolute atomic E-state index is 12.2. The molecule has 0 spiro atoms. The Balaban J connectivity index is 2.30. The number of nitrogens with zero attached hydrogens (tertiary/aromatic N) is 2. The normalized spacial score (nSPS) is 11.2. The monoisotopic (exact) mass is 356 g/mol. The molecule has 0 aliphatic heterocycles. The third kappa shape index (κ3) is 3.26. The van der Waals surface area contributed by atoms with Gasteiger partial charge in [0.1, 0.15) is 16.5 Å². The number of aryl methyl sites for hydroxylation is 1. The Morgan fingerprint density at radius 3 is 2.50 bits per heavy atom. The molecule has 2 aromatic rings. The van der Waals surface area contributed by atoms with Crippen molar-refractivity contribution in [2.24, 2.45) is 0 Å². The number of hydrogen-bond donors (Lipinski definition) is 2. The fourth-order valence-corrected chi connectivity index (χ4v) is 2.99. The highest BCUT2D eigenvalue weighted by Gasteiger charge is 2.16. The predicted octanol–water partition coefficient (Wildman–Crippen LogP) is 2.39. The Labute approximate surface area is 125 Å². The molecule has 2 aromatic heterocycles. The van der Waals surface area contributed by atoms with Crippen molar-refractivity contribution in [1.82, 2.24) is 9.97 Å². The summed E-state index contributed by atoms with van der Waals surface area (Å²) in [6, 6.07) is 4.86. The predicted molar refractivity (Wildman–Crippen MR) is 81.3 cm³/mol. The Bertz CT molecular complexity index is 717. The van der Waals surface area contributed by atoms with Crippen molar-refractivity contribution in [2.75, 3.05) is 17.1 Å². The summed E-state index contributed by atoms with van der Waals surface area (Å²) in [5.74, 6) is 0.896. The average molecular weight is 357 g/mol. The third-order valence-corrected chi connectivity index (χ3v) is 4.34. The van der Waals surface area contributed by atoms with Crippen LogP contribution in [0.5, 0.6) is 0 Å². The number of aromatic nitrogens is 2. The smallest absolute Gasteiger partial charge is 0.264 e. The van der Waals surface area contributed by atoms with E-state index in [9.17, 15) is 8.42 Å². The lowest BCUT2D eigenvalue weighted by Crippen LogP contribution is -2.15. The van der Waals surface area contributed by atoms with Crippen LogP contribution in [-0.4, -0.2) is 25.4 Å². The second kappa shape index (κ2) is 5.76. The van der Waals surface area contributed by atoms with Crippen molar-refractivity contribution in [3.63, 3.8) is 0 Å². The van der Waals surface area contributed by atoms with Gasteiger partial charge in [-0.1, -0.05) is 0 Å². The van der Waals surface area contributed by atoms with Gasteiger partial charge in [-0.05, 0) is 46.6 Å². The molecule has 0 saturated carbocycles. The molecule has 0 bridgehead atoms. The molecule has 0 aromatic carbocycles. The highest BCUT2D eigenvalue weighted by Crippen LogP contribution is 2.20. The standard InChI is InChI=1S/C12H13BrN4O2S/c1-8-5-9(13)6-16-12(8)17-20(18,19)10-3-4-11(14-2)15-7-10/h3-7H,1-2H3,(H,14,15)(H,16,17). The van der Waals surface area contributed by atoms with Gasteiger partial charge in [-0.3, -0.25) is 4.72 Å². The molecule has 20 heavy (non-hydrogen) atoms. The van der Waals surface area contributed by atoms with Crippen LogP contribution >= 0.6 is 15.9 Å². The second-order valence-electron chi connectivity index (χ2n) is 4.05. The maximum Gasteiger partial charge on any atom is 0.264 e. The maximum atomic E-state index is 12.2. The number of rotatable bonds is 4. The van der Waals surface area contributed by atoms with E-state index >= 15 is 0 Å². The van der Waals surface area contributed by atoms with E-state index in [1.54, 1.807) is 26.1 Å². The third-order valence-electron chi connectivity index (χ3n) is 2.58. The molecule has 0 saturated heterocycles. The fourth-order valence-electron chi connectivity index (χ4n) is 1.52. The zero-order chi connectivity index (χ0) is 14.8. The van der Waals surface area contributed by atoms with Crippen molar-refractivity contribution in [1.29, 1.82) is 0 Å². The van der Waals surface area contributed by atoms with E-state index in [4.69, 9.17) is 0 Å². The highest BCUT2D eigenvalue weighted by atomic mass is 79.9. The van der Waals surface area contributed by atoms with Crippen LogP contribution in [-0.2, 0) is 10.0 Å². The summed E-state index contributed by atoms with van der Waals surface area (Å²) in [4.78, 5) is 8.12. The largest absolute Gasteiger partial charge is 0.373 e. The van der Waals surface area contributed by atoms with Crippen molar-refractivity contribution >= 4 is 37.6 Å². The van der Waals surface area contributed by atoms with Crippen LogP contribution in [0.4, 0.5) is 11.6 Å². The van der Waals surface area contributed by atoms with Gasteiger partial charge in [-0.2, -0.15) is 0 Å². The van der Waals surface area contributed by atoms with Gasteiger partial charge in [0.15, 0.2) is 0 Å². The first-order chi connectivity index (χ1) is 9.42. The van der Waals surface area contributed by atoms with Gasteiger partial charge in [0, 0.05) is 23.9 Å². The number of pyridine rings is 2. The molecule has 0 radical (unpaired) electrons. The molecule has 0 aliphatic rings. The number of halogens is 1. The minimum Gasteiger partial charge on any atom is -0.373 e. The van der Waals surface area contributed by atoms with Crippen molar-refractivity contribution in [3.05, 3.63) is 40.6 Å². The Morgan fingerprint density at radius 2 is 1.95 bits per heavy atom. The summed E-state index contributed by atoms with van der Waals surface area (Å²) >= 11 is 3.28. The molecule has 8 heteroatoms. The second-order valence-corrected chi connectivity index (χ2v) is 6.65. The molecular formula is C12H13BrN4O2S. The van der Waals surface area contributed by atoms with E-state index in [1.165, 1.54) is 18.5 Å². The van der Waals surface area contributed by atoms with Crippen molar-refractivity contribution in [2.45, 2.75) is 11.8 Å². The molecule has 106 valence electrons. The lowest BCUT2D eigenvalue weighted by molar-refractivity contribution is 0.600. The van der Waals surface area contributed by atoms with Crippen molar-refractivity contribution in [3.8, 4) is 0 Å². The molecule has 0 fully saturated rings. The summed E-state index contributed by atoms with van der Waals surface area (Å²) in [7, 11) is -1.98. The van der Waals surface area contributed by atoms with Crippen LogP contribution in [0.2, 0.25) is 0 Å². The molecule has 0 amide bonds. The molecule has 6 nitrogen and oxygen atoms in total. The lowest BCUT2D eigenvalue weighted by atomic mass is 10.3. The Morgan fingerprint density at radius 1 is 1.20 bits per heavy atom. The molecular weight excluding hydrogens is 344 g/mol. The first kappa shape index (κ1) is 14.7. The first-order valence-corrected chi connectivity index (χ1v) is 7.99. The van der Waals surface area contributed by atoms with Gasteiger partial charge in [-0.15, -0.1) is 0 Å². The molecule has 2 rings (SSSR count). The zero-order valence-electron chi connectivity index (χ0n) is 10.9. The molecule has 2 N–H and O–H groups in total. The van der Waals surface area contributed by atoms with Crippen LogP contribution in [0.25, 0.3) is 0 Å². The molecule has 0 unspecified atom stereocenters. The topological polar surface area (TPSA) is 84.0 Å². The summed E-state index contributed by atoms with van der Waals surface area (Å²) < 4.78 is 27.7. The number of sulfonamides is 1. The van der Waals surface area contributed by atoms with Gasteiger partial charge in [0.2, 0.25) is 0 Å². The van der Waals surface area contributed by atoms with Crippen LogP contribution in [0.3, 0.4) is 0 Å². The summed E-state index contributed by atoms with van der Waals surface area (Å²) in [6.45, 7) is 1.78. The number of hydrogen-bond acceptors (Lipinski definition) is 5. The van der Waals surface area contributed by atoms with Crippen LogP contribution < -0.4 is 10.0 Å².